The third-order valence-electron chi connectivity index (χ3n) is 2.35. The summed E-state index contributed by atoms with van der Waals surface area (Å²) in [5, 5.41) is 0. The quantitative estimate of drug-likeness (QED) is 0.481. The van der Waals surface area contributed by atoms with E-state index in [4.69, 9.17) is 0 Å². The molecule has 0 aromatic heterocycles. The molecule has 0 spiro atoms. The molecule has 0 unspecified atom stereocenters. The van der Waals surface area contributed by atoms with Crippen LogP contribution in [0.5, 0.6) is 0 Å². The smallest absolute Gasteiger partial charge is 0.230 e. The number of ketones is 1. The van der Waals surface area contributed by atoms with Crippen molar-refractivity contribution in [2.24, 2.45) is 0 Å². The minimum absolute atomic E-state index is 0.0337. The summed E-state index contributed by atoms with van der Waals surface area (Å²) in [4.78, 5) is 24.4. The largest absolute Gasteiger partial charge is 0.340 e. The van der Waals surface area contributed by atoms with Crippen molar-refractivity contribution in [2.45, 2.75) is 59.4 Å². The van der Waals surface area contributed by atoms with E-state index in [1.807, 2.05) is 13.8 Å². The molecule has 0 N–H and O–H groups in total. The summed E-state index contributed by atoms with van der Waals surface area (Å²) in [6, 6.07) is 0.189. The normalized spacial score (nSPS) is 10.5. The average Bonchev–Trinajstić information content (AvgIpc) is 2.10. The van der Waals surface area contributed by atoms with Crippen LogP contribution in [0.25, 0.3) is 0 Å². The number of carbonyl (C=O) groups is 2. The van der Waals surface area contributed by atoms with Crippen molar-refractivity contribution in [1.82, 2.24) is 4.90 Å². The maximum absolute atomic E-state index is 11.7. The van der Waals surface area contributed by atoms with Gasteiger partial charge in [-0.15, -0.1) is 0 Å². The molecule has 0 aliphatic carbocycles. The van der Waals surface area contributed by atoms with E-state index in [1.54, 1.807) is 4.90 Å². The lowest BCUT2D eigenvalue weighted by atomic mass is 10.2. The van der Waals surface area contributed by atoms with Crippen molar-refractivity contribution in [3.05, 3.63) is 0 Å². The molecule has 0 saturated heterocycles. The average molecular weight is 213 g/mol. The molecule has 0 aliphatic rings. The lowest BCUT2D eigenvalue weighted by Crippen LogP contribution is -2.38. The van der Waals surface area contributed by atoms with Gasteiger partial charge in [-0.05, 0) is 27.2 Å². The molecular weight excluding hydrogens is 190 g/mol. The highest BCUT2D eigenvalue weighted by molar-refractivity contribution is 5.96. The predicted octanol–water partition coefficient (Wildman–Crippen LogP) is 2.39. The van der Waals surface area contributed by atoms with E-state index in [0.29, 0.717) is 0 Å². The number of carbonyl (C=O) groups excluding carboxylic acids is 2. The van der Waals surface area contributed by atoms with Gasteiger partial charge in [-0.2, -0.15) is 0 Å². The summed E-state index contributed by atoms with van der Waals surface area (Å²) in [5.74, 6) is -0.0882. The van der Waals surface area contributed by atoms with Gasteiger partial charge in [0, 0.05) is 12.6 Å². The zero-order chi connectivity index (χ0) is 11.8. The molecule has 0 heterocycles. The minimum Gasteiger partial charge on any atom is -0.340 e. The third-order valence-corrected chi connectivity index (χ3v) is 2.35. The molecule has 0 fully saturated rings. The van der Waals surface area contributed by atoms with Crippen LogP contribution in [0.1, 0.15) is 53.4 Å². The lowest BCUT2D eigenvalue weighted by molar-refractivity contribution is -0.136. The summed E-state index contributed by atoms with van der Waals surface area (Å²) in [5.41, 5.74) is 0. The maximum Gasteiger partial charge on any atom is 0.230 e. The Morgan fingerprint density at radius 3 is 2.20 bits per heavy atom. The van der Waals surface area contributed by atoms with E-state index in [9.17, 15) is 9.59 Å². The summed E-state index contributed by atoms with van der Waals surface area (Å²) in [6.07, 6.45) is 3.35. The van der Waals surface area contributed by atoms with Crippen LogP contribution in [0, 0.1) is 0 Å². The van der Waals surface area contributed by atoms with E-state index in [2.05, 4.69) is 6.92 Å². The van der Waals surface area contributed by atoms with Crippen molar-refractivity contribution in [1.29, 1.82) is 0 Å². The van der Waals surface area contributed by atoms with Gasteiger partial charge in [-0.25, -0.2) is 0 Å². The number of amides is 1. The molecule has 0 atom stereocenters. The first kappa shape index (κ1) is 14.1. The summed E-state index contributed by atoms with van der Waals surface area (Å²) in [7, 11) is 0. The van der Waals surface area contributed by atoms with Crippen molar-refractivity contribution < 1.29 is 9.59 Å². The van der Waals surface area contributed by atoms with Gasteiger partial charge in [0.15, 0.2) is 0 Å². The number of hydrogen-bond acceptors (Lipinski definition) is 2. The van der Waals surface area contributed by atoms with Gasteiger partial charge in [0.25, 0.3) is 0 Å². The third kappa shape index (κ3) is 6.26. The Bertz CT molecular complexity index is 212. The van der Waals surface area contributed by atoms with E-state index < -0.39 is 0 Å². The number of rotatable bonds is 7. The van der Waals surface area contributed by atoms with Crippen LogP contribution >= 0.6 is 0 Å². The molecule has 0 bridgehead atoms. The molecule has 0 aliphatic heterocycles. The Kier molecular flexibility index (Phi) is 7.01. The monoisotopic (exact) mass is 213 g/mol. The second-order valence-corrected chi connectivity index (χ2v) is 4.27. The first-order valence-corrected chi connectivity index (χ1v) is 5.78. The van der Waals surface area contributed by atoms with Crippen LogP contribution in [-0.2, 0) is 9.59 Å². The molecule has 0 aromatic carbocycles. The number of hydrogen-bond donors (Lipinski definition) is 0. The zero-order valence-electron chi connectivity index (χ0n) is 10.4. The van der Waals surface area contributed by atoms with Gasteiger partial charge in [-0.3, -0.25) is 9.59 Å². The molecule has 0 saturated carbocycles. The van der Waals surface area contributed by atoms with E-state index in [1.165, 1.54) is 6.92 Å². The zero-order valence-corrected chi connectivity index (χ0v) is 10.4. The fourth-order valence-electron chi connectivity index (χ4n) is 1.52. The number of Topliss-reactive ketones (excluding diaryl/α,β-unsaturated/α-hetero) is 1. The van der Waals surface area contributed by atoms with Crippen LogP contribution in [0.15, 0.2) is 0 Å². The number of nitrogens with zero attached hydrogens (tertiary/aromatic N) is 1. The van der Waals surface area contributed by atoms with Crippen LogP contribution in [0.3, 0.4) is 0 Å². The van der Waals surface area contributed by atoms with Gasteiger partial charge in [0.2, 0.25) is 5.91 Å². The summed E-state index contributed by atoms with van der Waals surface area (Å²) in [6.45, 7) is 8.35. The minimum atomic E-state index is -0.0545. The van der Waals surface area contributed by atoms with Gasteiger partial charge >= 0.3 is 0 Å². The highest BCUT2D eigenvalue weighted by Gasteiger charge is 2.17. The lowest BCUT2D eigenvalue weighted by Gasteiger charge is -2.26. The topological polar surface area (TPSA) is 37.4 Å². The molecule has 1 amide bonds. The Balaban J connectivity index is 4.13. The standard InChI is InChI=1S/C12H23NO2/c1-5-6-7-8-13(10(2)3)12(15)9-11(4)14/h10H,5-9H2,1-4H3. The molecule has 3 heteroatoms. The van der Waals surface area contributed by atoms with E-state index in [-0.39, 0.29) is 24.2 Å². The Morgan fingerprint density at radius 1 is 1.20 bits per heavy atom. The second-order valence-electron chi connectivity index (χ2n) is 4.27. The SMILES string of the molecule is CCCCCN(C(=O)CC(C)=O)C(C)C. The predicted molar refractivity (Wildman–Crippen MR) is 61.7 cm³/mol. The van der Waals surface area contributed by atoms with E-state index in [0.717, 1.165) is 25.8 Å². The summed E-state index contributed by atoms with van der Waals surface area (Å²) >= 11 is 0. The summed E-state index contributed by atoms with van der Waals surface area (Å²) < 4.78 is 0. The fourth-order valence-corrected chi connectivity index (χ4v) is 1.52. The van der Waals surface area contributed by atoms with Crippen molar-refractivity contribution in [3.8, 4) is 0 Å². The van der Waals surface area contributed by atoms with Gasteiger partial charge in [-0.1, -0.05) is 19.8 Å². The van der Waals surface area contributed by atoms with Gasteiger partial charge < -0.3 is 4.90 Å². The van der Waals surface area contributed by atoms with Gasteiger partial charge in [0.1, 0.15) is 5.78 Å². The van der Waals surface area contributed by atoms with Crippen molar-refractivity contribution in [2.75, 3.05) is 6.54 Å². The first-order chi connectivity index (χ1) is 6.99. The first-order valence-electron chi connectivity index (χ1n) is 5.78. The fraction of sp³-hybridized carbons (Fsp3) is 0.833. The second kappa shape index (κ2) is 7.43. The van der Waals surface area contributed by atoms with E-state index >= 15 is 0 Å². The molecule has 88 valence electrons. The number of unbranched alkanes of at least 4 members (excludes halogenated alkanes) is 2. The molecule has 15 heavy (non-hydrogen) atoms. The van der Waals surface area contributed by atoms with Crippen molar-refractivity contribution >= 4 is 11.7 Å². The molecular formula is C12H23NO2. The Labute approximate surface area is 92.8 Å². The highest BCUT2D eigenvalue weighted by Crippen LogP contribution is 2.06. The van der Waals surface area contributed by atoms with Gasteiger partial charge in [0.05, 0.1) is 6.42 Å². The Morgan fingerprint density at radius 2 is 1.80 bits per heavy atom. The van der Waals surface area contributed by atoms with Crippen molar-refractivity contribution in [3.63, 3.8) is 0 Å². The maximum atomic E-state index is 11.7. The van der Waals surface area contributed by atoms with Crippen LogP contribution < -0.4 is 0 Å². The van der Waals surface area contributed by atoms with Crippen LogP contribution in [0.4, 0.5) is 0 Å². The molecule has 0 radical (unpaired) electrons. The van der Waals surface area contributed by atoms with Crippen LogP contribution in [-0.4, -0.2) is 29.2 Å². The van der Waals surface area contributed by atoms with Crippen LogP contribution in [0.2, 0.25) is 0 Å². The Hall–Kier alpha value is -0.860. The molecule has 0 aromatic rings. The molecule has 0 rings (SSSR count). The molecule has 3 nitrogen and oxygen atoms in total. The highest BCUT2D eigenvalue weighted by atomic mass is 16.2.